The molecule has 0 aliphatic heterocycles. The zero-order chi connectivity index (χ0) is 17.8. The summed E-state index contributed by atoms with van der Waals surface area (Å²) in [4.78, 5) is 25.3. The Morgan fingerprint density at radius 2 is 1.88 bits per heavy atom. The van der Waals surface area contributed by atoms with Crippen LogP contribution in [0.4, 0.5) is 4.79 Å². The minimum atomic E-state index is -0.600. The van der Waals surface area contributed by atoms with Crippen LogP contribution in [0.15, 0.2) is 24.3 Å². The first-order valence-electron chi connectivity index (χ1n) is 8.98. The molecular weight excluding hydrogens is 318 g/mol. The van der Waals surface area contributed by atoms with Gasteiger partial charge in [-0.15, -0.1) is 5.10 Å². The highest BCUT2D eigenvalue weighted by molar-refractivity contribution is 5.91. The van der Waals surface area contributed by atoms with E-state index in [-0.39, 0.29) is 17.9 Å². The summed E-state index contributed by atoms with van der Waals surface area (Å²) in [6.07, 6.45) is 5.55. The van der Waals surface area contributed by atoms with Crippen LogP contribution in [0, 0.1) is 5.92 Å². The number of hydrogen-bond donors (Lipinski definition) is 2. The first-order valence-corrected chi connectivity index (χ1v) is 8.98. The molecule has 1 aromatic carbocycles. The standard InChI is InChI=1S/C18H25N5O2/c1-12(2)16(17(24)19-13-8-4-3-5-9-13)20-18(25)23-15-11-7-6-10-14(15)21-22-23/h6-7,10-13,16H,3-5,8-9H2,1-2H3,(H,19,24)(H,20,25). The van der Waals surface area contributed by atoms with Crippen LogP contribution in [0.2, 0.25) is 0 Å². The minimum Gasteiger partial charge on any atom is -0.352 e. The number of carbonyl (C=O) groups excluding carboxylic acids is 2. The van der Waals surface area contributed by atoms with Gasteiger partial charge >= 0.3 is 6.03 Å². The predicted octanol–water partition coefficient (Wildman–Crippen LogP) is 2.46. The lowest BCUT2D eigenvalue weighted by atomic mass is 9.94. The van der Waals surface area contributed by atoms with Crippen molar-refractivity contribution in [2.45, 2.75) is 58.0 Å². The lowest BCUT2D eigenvalue weighted by molar-refractivity contribution is -0.124. The van der Waals surface area contributed by atoms with Gasteiger partial charge in [0.2, 0.25) is 5.91 Å². The number of carbonyl (C=O) groups is 2. The summed E-state index contributed by atoms with van der Waals surface area (Å²) in [6, 6.07) is 6.41. The molecule has 1 aliphatic carbocycles. The second-order valence-corrected chi connectivity index (χ2v) is 7.00. The molecule has 134 valence electrons. The third kappa shape index (κ3) is 3.97. The molecule has 2 N–H and O–H groups in total. The van der Waals surface area contributed by atoms with E-state index >= 15 is 0 Å². The third-order valence-electron chi connectivity index (χ3n) is 4.72. The van der Waals surface area contributed by atoms with E-state index < -0.39 is 12.1 Å². The van der Waals surface area contributed by atoms with Gasteiger partial charge in [0.05, 0.1) is 5.52 Å². The van der Waals surface area contributed by atoms with E-state index in [1.807, 2.05) is 26.0 Å². The number of amides is 2. The molecule has 1 aliphatic rings. The van der Waals surface area contributed by atoms with Crippen LogP contribution in [0.5, 0.6) is 0 Å². The molecule has 1 heterocycles. The Morgan fingerprint density at radius 1 is 1.16 bits per heavy atom. The first-order chi connectivity index (χ1) is 12.1. The van der Waals surface area contributed by atoms with Gasteiger partial charge in [0.1, 0.15) is 11.6 Å². The third-order valence-corrected chi connectivity index (χ3v) is 4.72. The second kappa shape index (κ2) is 7.63. The largest absolute Gasteiger partial charge is 0.352 e. The van der Waals surface area contributed by atoms with Crippen molar-refractivity contribution in [3.05, 3.63) is 24.3 Å². The summed E-state index contributed by atoms with van der Waals surface area (Å²) in [7, 11) is 0. The molecule has 0 bridgehead atoms. The molecule has 0 radical (unpaired) electrons. The molecule has 0 spiro atoms. The predicted molar refractivity (Wildman–Crippen MR) is 95.1 cm³/mol. The summed E-state index contributed by atoms with van der Waals surface area (Å²) >= 11 is 0. The normalized spacial score (nSPS) is 16.8. The van der Waals surface area contributed by atoms with Crippen LogP contribution < -0.4 is 10.6 Å². The van der Waals surface area contributed by atoms with E-state index in [1.54, 1.807) is 12.1 Å². The Labute approximate surface area is 147 Å². The molecule has 7 nitrogen and oxygen atoms in total. The summed E-state index contributed by atoms with van der Waals surface area (Å²) in [5.74, 6) is -0.151. The van der Waals surface area contributed by atoms with Crippen molar-refractivity contribution in [3.63, 3.8) is 0 Å². The van der Waals surface area contributed by atoms with Crippen LogP contribution in [0.1, 0.15) is 46.0 Å². The summed E-state index contributed by atoms with van der Waals surface area (Å²) in [5, 5.41) is 13.8. The summed E-state index contributed by atoms with van der Waals surface area (Å²) < 4.78 is 1.21. The zero-order valence-corrected chi connectivity index (χ0v) is 14.7. The summed E-state index contributed by atoms with van der Waals surface area (Å²) in [5.41, 5.74) is 1.26. The average Bonchev–Trinajstić information content (AvgIpc) is 3.04. The number of hydrogen-bond acceptors (Lipinski definition) is 4. The fourth-order valence-electron chi connectivity index (χ4n) is 3.29. The highest BCUT2D eigenvalue weighted by atomic mass is 16.2. The van der Waals surface area contributed by atoms with Gasteiger partial charge in [0.25, 0.3) is 0 Å². The smallest absolute Gasteiger partial charge is 0.344 e. The van der Waals surface area contributed by atoms with Gasteiger partial charge < -0.3 is 10.6 Å². The lowest BCUT2D eigenvalue weighted by Crippen LogP contribution is -2.53. The quantitative estimate of drug-likeness (QED) is 0.892. The summed E-state index contributed by atoms with van der Waals surface area (Å²) in [6.45, 7) is 3.84. The Hall–Kier alpha value is -2.44. The highest BCUT2D eigenvalue weighted by Gasteiger charge is 2.28. The Kier molecular flexibility index (Phi) is 5.31. The van der Waals surface area contributed by atoms with Crippen molar-refractivity contribution < 1.29 is 9.59 Å². The Morgan fingerprint density at radius 3 is 2.60 bits per heavy atom. The first kappa shape index (κ1) is 17.4. The van der Waals surface area contributed by atoms with E-state index in [9.17, 15) is 9.59 Å². The molecule has 0 saturated heterocycles. The molecule has 1 fully saturated rings. The maximum absolute atomic E-state index is 12.7. The van der Waals surface area contributed by atoms with Crippen LogP contribution in [-0.4, -0.2) is 39.0 Å². The number of benzene rings is 1. The van der Waals surface area contributed by atoms with Crippen molar-refractivity contribution in [1.82, 2.24) is 25.6 Å². The van der Waals surface area contributed by atoms with E-state index in [2.05, 4.69) is 20.9 Å². The molecule has 1 atom stereocenters. The van der Waals surface area contributed by atoms with Crippen molar-refractivity contribution in [1.29, 1.82) is 0 Å². The van der Waals surface area contributed by atoms with Crippen molar-refractivity contribution >= 4 is 23.0 Å². The van der Waals surface area contributed by atoms with Crippen molar-refractivity contribution in [2.75, 3.05) is 0 Å². The van der Waals surface area contributed by atoms with E-state index in [4.69, 9.17) is 0 Å². The number of para-hydroxylation sites is 1. The maximum Gasteiger partial charge on any atom is 0.344 e. The van der Waals surface area contributed by atoms with Gasteiger partial charge in [-0.3, -0.25) is 4.79 Å². The maximum atomic E-state index is 12.7. The van der Waals surface area contributed by atoms with Crippen LogP contribution in [-0.2, 0) is 4.79 Å². The molecule has 1 saturated carbocycles. The molecule has 1 unspecified atom stereocenters. The number of nitrogens with one attached hydrogen (secondary N) is 2. The lowest BCUT2D eigenvalue weighted by Gasteiger charge is -2.27. The fourth-order valence-corrected chi connectivity index (χ4v) is 3.29. The van der Waals surface area contributed by atoms with E-state index in [0.29, 0.717) is 11.0 Å². The monoisotopic (exact) mass is 343 g/mol. The van der Waals surface area contributed by atoms with Crippen LogP contribution in [0.25, 0.3) is 11.0 Å². The molecule has 7 heteroatoms. The number of aromatic nitrogens is 3. The van der Waals surface area contributed by atoms with Crippen LogP contribution in [0.3, 0.4) is 0 Å². The molecule has 3 rings (SSSR count). The molecule has 2 amide bonds. The molecule has 1 aromatic heterocycles. The number of rotatable bonds is 4. The minimum absolute atomic E-state index is 0.0256. The number of nitrogens with zero attached hydrogens (tertiary/aromatic N) is 3. The zero-order valence-electron chi connectivity index (χ0n) is 14.7. The van der Waals surface area contributed by atoms with Gasteiger partial charge in [0, 0.05) is 6.04 Å². The van der Waals surface area contributed by atoms with Crippen molar-refractivity contribution in [2.24, 2.45) is 5.92 Å². The molecule has 2 aromatic rings. The van der Waals surface area contributed by atoms with E-state index in [0.717, 1.165) is 25.7 Å². The van der Waals surface area contributed by atoms with Gasteiger partial charge in [-0.05, 0) is 30.9 Å². The van der Waals surface area contributed by atoms with Gasteiger partial charge in [-0.1, -0.05) is 50.5 Å². The van der Waals surface area contributed by atoms with E-state index in [1.165, 1.54) is 11.1 Å². The van der Waals surface area contributed by atoms with Crippen molar-refractivity contribution in [3.8, 4) is 0 Å². The second-order valence-electron chi connectivity index (χ2n) is 7.00. The molecule has 25 heavy (non-hydrogen) atoms. The Bertz CT molecular complexity index is 749. The topological polar surface area (TPSA) is 88.9 Å². The van der Waals surface area contributed by atoms with Gasteiger partial charge in [-0.25, -0.2) is 4.79 Å². The van der Waals surface area contributed by atoms with Crippen LogP contribution >= 0.6 is 0 Å². The SMILES string of the molecule is CC(C)C(NC(=O)n1nnc2ccccc21)C(=O)NC1CCCCC1. The Balaban J connectivity index is 1.70. The van der Waals surface area contributed by atoms with Gasteiger partial charge in [-0.2, -0.15) is 4.68 Å². The highest BCUT2D eigenvalue weighted by Crippen LogP contribution is 2.18. The molecular formula is C18H25N5O2. The number of fused-ring (bicyclic) bond motifs is 1. The van der Waals surface area contributed by atoms with Gasteiger partial charge in [0.15, 0.2) is 0 Å². The average molecular weight is 343 g/mol. The fraction of sp³-hybridized carbons (Fsp3) is 0.556.